The van der Waals surface area contributed by atoms with E-state index in [0.717, 1.165) is 24.9 Å². The van der Waals surface area contributed by atoms with Gasteiger partial charge in [0.05, 0.1) is 17.5 Å². The number of aliphatic imine (C=N–C) groups is 1. The number of fused-ring (bicyclic) bond motifs is 1. The van der Waals surface area contributed by atoms with Crippen molar-refractivity contribution in [1.29, 1.82) is 0 Å². The number of hydrogen-bond donors (Lipinski definition) is 0. The highest BCUT2D eigenvalue weighted by Gasteiger charge is 2.50. The Morgan fingerprint density at radius 1 is 1.19 bits per heavy atom. The average Bonchev–Trinajstić information content (AvgIpc) is 3.05. The Labute approximate surface area is 160 Å². The van der Waals surface area contributed by atoms with Crippen molar-refractivity contribution in [2.45, 2.75) is 57.7 Å². The number of amides is 1. The molecule has 1 aromatic rings. The van der Waals surface area contributed by atoms with E-state index in [9.17, 15) is 13.2 Å². The van der Waals surface area contributed by atoms with Gasteiger partial charge in [-0.1, -0.05) is 50.7 Å². The number of nitrogens with zero attached hydrogens (tertiary/aromatic N) is 2. The van der Waals surface area contributed by atoms with Gasteiger partial charge in [-0.25, -0.2) is 8.42 Å². The molecule has 0 spiro atoms. The first-order valence-electron chi connectivity index (χ1n) is 9.28. The zero-order valence-corrected chi connectivity index (χ0v) is 17.2. The lowest BCUT2D eigenvalue weighted by atomic mass is 10.0. The van der Waals surface area contributed by atoms with E-state index in [4.69, 9.17) is 0 Å². The molecule has 1 amide bonds. The van der Waals surface area contributed by atoms with E-state index >= 15 is 0 Å². The number of benzene rings is 1. The maximum atomic E-state index is 12.2. The van der Waals surface area contributed by atoms with Gasteiger partial charge >= 0.3 is 0 Å². The predicted molar refractivity (Wildman–Crippen MR) is 109 cm³/mol. The topological polar surface area (TPSA) is 66.8 Å². The van der Waals surface area contributed by atoms with E-state index < -0.39 is 9.84 Å². The highest BCUT2D eigenvalue weighted by atomic mass is 32.2. The number of para-hydroxylation sites is 1. The van der Waals surface area contributed by atoms with Crippen LogP contribution in [-0.4, -0.2) is 42.3 Å². The summed E-state index contributed by atoms with van der Waals surface area (Å²) in [5, 5.41) is 0.617. The minimum Gasteiger partial charge on any atom is -0.315 e. The van der Waals surface area contributed by atoms with Crippen LogP contribution < -0.4 is 4.90 Å². The second kappa shape index (κ2) is 7.72. The quantitative estimate of drug-likeness (QED) is 0.767. The molecule has 2 heterocycles. The first-order valence-corrected chi connectivity index (χ1v) is 12.0. The molecule has 26 heavy (non-hydrogen) atoms. The molecule has 7 heteroatoms. The van der Waals surface area contributed by atoms with Crippen molar-refractivity contribution in [3.05, 3.63) is 29.3 Å². The molecule has 0 saturated carbocycles. The Hall–Kier alpha value is -1.34. The summed E-state index contributed by atoms with van der Waals surface area (Å²) in [6.45, 7) is 6.16. The van der Waals surface area contributed by atoms with Gasteiger partial charge in [0.1, 0.15) is 0 Å². The highest BCUT2D eigenvalue weighted by molar-refractivity contribution is 8.16. The summed E-state index contributed by atoms with van der Waals surface area (Å²) in [4.78, 5) is 18.6. The van der Waals surface area contributed by atoms with Gasteiger partial charge in [-0.15, -0.1) is 0 Å². The monoisotopic (exact) mass is 394 g/mol. The van der Waals surface area contributed by atoms with Gasteiger partial charge < -0.3 is 4.90 Å². The summed E-state index contributed by atoms with van der Waals surface area (Å²) in [6.07, 6.45) is 2.88. The molecular formula is C19H26N2O3S2. The molecule has 0 bridgehead atoms. The van der Waals surface area contributed by atoms with Crippen molar-refractivity contribution in [3.8, 4) is 0 Å². The van der Waals surface area contributed by atoms with E-state index in [1.165, 1.54) is 22.9 Å². The van der Waals surface area contributed by atoms with Gasteiger partial charge in [0.15, 0.2) is 15.0 Å². The Balaban J connectivity index is 2.11. The lowest BCUT2D eigenvalue weighted by molar-refractivity contribution is -0.117. The smallest absolute Gasteiger partial charge is 0.248 e. The number of amidine groups is 1. The van der Waals surface area contributed by atoms with E-state index in [2.05, 4.69) is 35.9 Å². The number of carbonyl (C=O) groups excluding carboxylic acids is 1. The number of carbonyl (C=O) groups is 1. The van der Waals surface area contributed by atoms with Gasteiger partial charge in [0.25, 0.3) is 0 Å². The third-order valence-corrected chi connectivity index (χ3v) is 8.17. The van der Waals surface area contributed by atoms with Crippen molar-refractivity contribution in [1.82, 2.24) is 0 Å². The van der Waals surface area contributed by atoms with Crippen LogP contribution >= 0.6 is 11.8 Å². The molecule has 142 valence electrons. The normalized spacial score (nSPS) is 25.7. The van der Waals surface area contributed by atoms with Gasteiger partial charge in [-0.2, -0.15) is 4.99 Å². The first-order chi connectivity index (χ1) is 12.4. The second-order valence-electron chi connectivity index (χ2n) is 6.84. The summed E-state index contributed by atoms with van der Waals surface area (Å²) in [5.74, 6) is 0.164. The molecule has 0 aliphatic carbocycles. The zero-order valence-electron chi connectivity index (χ0n) is 15.6. The van der Waals surface area contributed by atoms with Gasteiger partial charge in [0, 0.05) is 17.4 Å². The molecule has 2 atom stereocenters. The maximum absolute atomic E-state index is 12.2. The van der Waals surface area contributed by atoms with Gasteiger partial charge in [-0.05, 0) is 30.4 Å². The predicted octanol–water partition coefficient (Wildman–Crippen LogP) is 3.21. The van der Waals surface area contributed by atoms with E-state index in [1.54, 1.807) is 0 Å². The minimum absolute atomic E-state index is 0.0530. The van der Waals surface area contributed by atoms with Crippen LogP contribution in [-0.2, 0) is 27.5 Å². The molecule has 2 saturated heterocycles. The number of rotatable bonds is 5. The lowest BCUT2D eigenvalue weighted by Crippen LogP contribution is -2.39. The van der Waals surface area contributed by atoms with Crippen LogP contribution in [0, 0.1) is 0 Å². The first kappa shape index (κ1) is 19.4. The summed E-state index contributed by atoms with van der Waals surface area (Å²) in [6, 6.07) is 6.07. The van der Waals surface area contributed by atoms with E-state index in [0.29, 0.717) is 11.6 Å². The molecule has 2 aliphatic heterocycles. The van der Waals surface area contributed by atoms with Crippen LogP contribution in [0.4, 0.5) is 5.69 Å². The average molecular weight is 395 g/mol. The van der Waals surface area contributed by atoms with Gasteiger partial charge in [0.2, 0.25) is 5.91 Å². The van der Waals surface area contributed by atoms with Crippen molar-refractivity contribution in [2.75, 3.05) is 16.4 Å². The number of hydrogen-bond acceptors (Lipinski definition) is 4. The molecule has 2 aliphatic rings. The minimum atomic E-state index is -3.05. The Morgan fingerprint density at radius 2 is 1.85 bits per heavy atom. The SMILES string of the molecule is CCCC(=O)N=C1S[C@@H]2CS(=O)(=O)C[C@@H]2N1c1c(CC)cccc1CC. The number of aryl methyl sites for hydroxylation is 2. The van der Waals surface area contributed by atoms with E-state index in [-0.39, 0.29) is 28.7 Å². The van der Waals surface area contributed by atoms with Crippen LogP contribution in [0.15, 0.2) is 23.2 Å². The number of anilines is 1. The number of sulfone groups is 1. The summed E-state index contributed by atoms with van der Waals surface area (Å²) in [5.41, 5.74) is 3.40. The molecule has 2 fully saturated rings. The Morgan fingerprint density at radius 3 is 2.42 bits per heavy atom. The van der Waals surface area contributed by atoms with Crippen LogP contribution in [0.1, 0.15) is 44.7 Å². The lowest BCUT2D eigenvalue weighted by Gasteiger charge is -2.29. The van der Waals surface area contributed by atoms with Crippen LogP contribution in [0.3, 0.4) is 0 Å². The van der Waals surface area contributed by atoms with Crippen LogP contribution in [0.5, 0.6) is 0 Å². The van der Waals surface area contributed by atoms with Crippen LogP contribution in [0.2, 0.25) is 0 Å². The van der Waals surface area contributed by atoms with Crippen LogP contribution in [0.25, 0.3) is 0 Å². The largest absolute Gasteiger partial charge is 0.315 e. The second-order valence-corrected chi connectivity index (χ2v) is 10.2. The standard InChI is InChI=1S/C19H26N2O3S2/c1-4-8-17(22)20-19-21(15-11-26(23,24)12-16(15)25-19)18-13(5-2)9-7-10-14(18)6-3/h7,9-10,15-16H,4-6,8,11-12H2,1-3H3/t15-,16+/m0/s1. The van der Waals surface area contributed by atoms with Crippen molar-refractivity contribution < 1.29 is 13.2 Å². The molecule has 5 nitrogen and oxygen atoms in total. The van der Waals surface area contributed by atoms with Crippen molar-refractivity contribution >= 4 is 38.4 Å². The van der Waals surface area contributed by atoms with Crippen molar-refractivity contribution in [2.24, 2.45) is 4.99 Å². The maximum Gasteiger partial charge on any atom is 0.248 e. The summed E-state index contributed by atoms with van der Waals surface area (Å²) >= 11 is 1.45. The third-order valence-electron chi connectivity index (χ3n) is 4.96. The van der Waals surface area contributed by atoms with E-state index in [1.807, 2.05) is 13.0 Å². The molecule has 3 rings (SSSR count). The molecular weight excluding hydrogens is 368 g/mol. The van der Waals surface area contributed by atoms with Crippen molar-refractivity contribution in [3.63, 3.8) is 0 Å². The highest BCUT2D eigenvalue weighted by Crippen LogP contribution is 2.43. The molecule has 0 N–H and O–H groups in total. The molecule has 1 aromatic carbocycles. The summed E-state index contributed by atoms with van der Waals surface area (Å²) < 4.78 is 24.4. The fourth-order valence-electron chi connectivity index (χ4n) is 3.73. The van der Waals surface area contributed by atoms with Gasteiger partial charge in [-0.3, -0.25) is 4.79 Å². The Kier molecular flexibility index (Phi) is 5.77. The molecule has 0 radical (unpaired) electrons. The Bertz CT molecular complexity index is 811. The summed E-state index contributed by atoms with van der Waals surface area (Å²) in [7, 11) is -3.05. The third kappa shape index (κ3) is 3.69. The fourth-order valence-corrected chi connectivity index (χ4v) is 7.64. The fraction of sp³-hybridized carbons (Fsp3) is 0.579. The number of thioether (sulfide) groups is 1. The molecule has 0 unspecified atom stereocenters. The molecule has 0 aromatic heterocycles. The zero-order chi connectivity index (χ0) is 18.9.